The third-order valence-corrected chi connectivity index (χ3v) is 4.11. The molecule has 0 radical (unpaired) electrons. The molecule has 1 saturated heterocycles. The first-order valence-electron chi connectivity index (χ1n) is 8.52. The Kier molecular flexibility index (Phi) is 6.78. The van der Waals surface area contributed by atoms with E-state index >= 15 is 0 Å². The number of likely N-dealkylation sites (tertiary alicyclic amines) is 1. The Hall–Kier alpha value is -3.33. The second-order valence-electron chi connectivity index (χ2n) is 6.89. The second-order valence-corrected chi connectivity index (χ2v) is 6.89. The predicted molar refractivity (Wildman–Crippen MR) is 99.7 cm³/mol. The molecule has 8 nitrogen and oxygen atoms in total. The predicted octanol–water partition coefficient (Wildman–Crippen LogP) is -0.496. The smallest absolute Gasteiger partial charge is 0.268 e. The molecule has 8 heteroatoms. The molecule has 3 amide bonds. The number of hydroxylamine groups is 1. The van der Waals surface area contributed by atoms with E-state index < -0.39 is 23.5 Å². The molecule has 1 aliphatic rings. The minimum absolute atomic E-state index is 0.158. The maximum Gasteiger partial charge on any atom is 0.268 e. The molecule has 0 unspecified atom stereocenters. The SMILES string of the molecule is CC(C)(O)[C@H](NC(=O)c1ccc(C#CC#CC2CN(C=O)C2)cc1)C(=O)NO. The van der Waals surface area contributed by atoms with E-state index in [1.165, 1.54) is 31.5 Å². The highest BCUT2D eigenvalue weighted by atomic mass is 16.5. The van der Waals surface area contributed by atoms with Crippen LogP contribution in [0.1, 0.15) is 29.8 Å². The van der Waals surface area contributed by atoms with Gasteiger partial charge in [0, 0.05) is 24.2 Å². The zero-order valence-electron chi connectivity index (χ0n) is 15.5. The number of hydrogen-bond acceptors (Lipinski definition) is 5. The van der Waals surface area contributed by atoms with Gasteiger partial charge in [0.15, 0.2) is 0 Å². The van der Waals surface area contributed by atoms with E-state index in [1.807, 2.05) is 0 Å². The fourth-order valence-electron chi connectivity index (χ4n) is 2.48. The van der Waals surface area contributed by atoms with Crippen LogP contribution >= 0.6 is 0 Å². The quantitative estimate of drug-likeness (QED) is 0.237. The number of carbonyl (C=O) groups is 3. The summed E-state index contributed by atoms with van der Waals surface area (Å²) in [5, 5.41) is 21.1. The van der Waals surface area contributed by atoms with Crippen LogP contribution in [0.5, 0.6) is 0 Å². The van der Waals surface area contributed by atoms with Gasteiger partial charge in [0.1, 0.15) is 6.04 Å². The van der Waals surface area contributed by atoms with Gasteiger partial charge < -0.3 is 15.3 Å². The average molecular weight is 383 g/mol. The summed E-state index contributed by atoms with van der Waals surface area (Å²) in [5.41, 5.74) is 0.768. The van der Waals surface area contributed by atoms with E-state index in [4.69, 9.17) is 5.21 Å². The summed E-state index contributed by atoms with van der Waals surface area (Å²) in [6.45, 7) is 3.93. The minimum Gasteiger partial charge on any atom is -0.388 e. The fourth-order valence-corrected chi connectivity index (χ4v) is 2.48. The number of nitrogens with zero attached hydrogens (tertiary/aromatic N) is 1. The largest absolute Gasteiger partial charge is 0.388 e. The van der Waals surface area contributed by atoms with Crippen LogP contribution in [0.4, 0.5) is 0 Å². The fraction of sp³-hybridized carbons (Fsp3) is 0.350. The van der Waals surface area contributed by atoms with E-state index in [0.717, 1.165) is 6.41 Å². The number of aliphatic hydroxyl groups is 1. The summed E-state index contributed by atoms with van der Waals surface area (Å²) >= 11 is 0. The lowest BCUT2D eigenvalue weighted by Gasteiger charge is -2.32. The van der Waals surface area contributed by atoms with Crippen molar-refractivity contribution in [1.29, 1.82) is 0 Å². The standard InChI is InChI=1S/C20H21N3O5/c1-20(2,27)17(19(26)22-28)21-18(25)16-9-7-14(8-10-16)5-3-4-6-15-11-23(12-15)13-24/h7-10,13,15,17,27-28H,11-12H2,1-2H3,(H,21,25)(H,22,26)/t17-/m1/s1. The number of rotatable bonds is 5. The minimum atomic E-state index is -1.57. The van der Waals surface area contributed by atoms with Gasteiger partial charge in [0.05, 0.1) is 11.5 Å². The Morgan fingerprint density at radius 3 is 2.43 bits per heavy atom. The molecular weight excluding hydrogens is 362 g/mol. The van der Waals surface area contributed by atoms with Gasteiger partial charge >= 0.3 is 0 Å². The molecule has 0 aliphatic carbocycles. The van der Waals surface area contributed by atoms with Gasteiger partial charge in [-0.3, -0.25) is 19.6 Å². The topological polar surface area (TPSA) is 119 Å². The highest BCUT2D eigenvalue weighted by Crippen LogP contribution is 2.12. The molecule has 1 atom stereocenters. The highest BCUT2D eigenvalue weighted by Gasteiger charge is 2.34. The van der Waals surface area contributed by atoms with Crippen LogP contribution in [0.25, 0.3) is 0 Å². The molecule has 0 spiro atoms. The molecule has 0 saturated carbocycles. The van der Waals surface area contributed by atoms with E-state index in [9.17, 15) is 19.5 Å². The molecule has 28 heavy (non-hydrogen) atoms. The number of benzene rings is 1. The molecule has 1 aromatic carbocycles. The molecule has 2 rings (SSSR count). The number of carbonyl (C=O) groups excluding carboxylic acids is 3. The Labute approximate surface area is 162 Å². The first-order valence-corrected chi connectivity index (χ1v) is 8.52. The molecule has 1 fully saturated rings. The summed E-state index contributed by atoms with van der Waals surface area (Å²) in [7, 11) is 0. The van der Waals surface area contributed by atoms with E-state index in [1.54, 1.807) is 17.0 Å². The summed E-state index contributed by atoms with van der Waals surface area (Å²) in [4.78, 5) is 36.0. The molecule has 4 N–H and O–H groups in total. The van der Waals surface area contributed by atoms with E-state index in [0.29, 0.717) is 18.7 Å². The van der Waals surface area contributed by atoms with Crippen LogP contribution in [0.2, 0.25) is 0 Å². The van der Waals surface area contributed by atoms with Crippen molar-refractivity contribution in [2.24, 2.45) is 5.92 Å². The van der Waals surface area contributed by atoms with Crippen molar-refractivity contribution in [3.05, 3.63) is 35.4 Å². The lowest BCUT2D eigenvalue weighted by atomic mass is 9.97. The molecule has 0 bridgehead atoms. The summed E-state index contributed by atoms with van der Waals surface area (Å²) in [6.07, 6.45) is 0.793. The summed E-state index contributed by atoms with van der Waals surface area (Å²) < 4.78 is 0. The monoisotopic (exact) mass is 383 g/mol. The zero-order chi connectivity index (χ0) is 20.7. The third kappa shape index (κ3) is 5.58. The molecule has 146 valence electrons. The van der Waals surface area contributed by atoms with E-state index in [-0.39, 0.29) is 11.5 Å². The zero-order valence-corrected chi connectivity index (χ0v) is 15.5. The number of amides is 3. The van der Waals surface area contributed by atoms with Gasteiger partial charge in [-0.2, -0.15) is 0 Å². The Balaban J connectivity index is 1.97. The maximum atomic E-state index is 12.3. The van der Waals surface area contributed by atoms with Gasteiger partial charge in [0.25, 0.3) is 11.8 Å². The van der Waals surface area contributed by atoms with Gasteiger partial charge in [-0.1, -0.05) is 11.8 Å². The van der Waals surface area contributed by atoms with E-state index in [2.05, 4.69) is 29.0 Å². The lowest BCUT2D eigenvalue weighted by molar-refractivity contribution is -0.136. The van der Waals surface area contributed by atoms with Crippen LogP contribution in [-0.2, 0) is 9.59 Å². The average Bonchev–Trinajstić information content (AvgIpc) is 2.63. The molecular formula is C20H21N3O5. The van der Waals surface area contributed by atoms with Gasteiger partial charge in [-0.05, 0) is 50.0 Å². The van der Waals surface area contributed by atoms with Crippen molar-refractivity contribution < 1.29 is 24.7 Å². The molecule has 0 aromatic heterocycles. The van der Waals surface area contributed by atoms with Crippen molar-refractivity contribution in [3.63, 3.8) is 0 Å². The Morgan fingerprint density at radius 2 is 1.89 bits per heavy atom. The maximum absolute atomic E-state index is 12.3. The Bertz CT molecular complexity index is 860. The third-order valence-electron chi connectivity index (χ3n) is 4.11. The van der Waals surface area contributed by atoms with Crippen molar-refractivity contribution in [2.45, 2.75) is 25.5 Å². The highest BCUT2D eigenvalue weighted by molar-refractivity contribution is 5.97. The van der Waals surface area contributed by atoms with Gasteiger partial charge in [-0.25, -0.2) is 5.48 Å². The normalized spacial score (nSPS) is 14.4. The first-order chi connectivity index (χ1) is 13.2. The molecule has 1 heterocycles. The number of hydrogen-bond donors (Lipinski definition) is 4. The van der Waals surface area contributed by atoms with Crippen molar-refractivity contribution >= 4 is 18.2 Å². The van der Waals surface area contributed by atoms with Crippen LogP contribution in [0.15, 0.2) is 24.3 Å². The van der Waals surface area contributed by atoms with Gasteiger partial charge in [-0.15, -0.1) is 0 Å². The van der Waals surface area contributed by atoms with Crippen molar-refractivity contribution in [1.82, 2.24) is 15.7 Å². The summed E-state index contributed by atoms with van der Waals surface area (Å²) in [5.74, 6) is 9.94. The van der Waals surface area contributed by atoms with Crippen LogP contribution in [0, 0.1) is 29.6 Å². The summed E-state index contributed by atoms with van der Waals surface area (Å²) in [6, 6.07) is 4.98. The van der Waals surface area contributed by atoms with Crippen LogP contribution < -0.4 is 10.8 Å². The lowest BCUT2D eigenvalue weighted by Crippen LogP contribution is -2.57. The Morgan fingerprint density at radius 1 is 1.25 bits per heavy atom. The van der Waals surface area contributed by atoms with Crippen LogP contribution in [0.3, 0.4) is 0 Å². The van der Waals surface area contributed by atoms with Crippen LogP contribution in [-0.4, -0.2) is 58.2 Å². The molecule has 1 aromatic rings. The van der Waals surface area contributed by atoms with Crippen molar-refractivity contribution in [3.8, 4) is 23.7 Å². The van der Waals surface area contributed by atoms with Crippen molar-refractivity contribution in [2.75, 3.05) is 13.1 Å². The van der Waals surface area contributed by atoms with Gasteiger partial charge in [0.2, 0.25) is 6.41 Å². The molecule has 1 aliphatic heterocycles. The second kappa shape index (κ2) is 9.05. The first kappa shape index (κ1) is 21.0. The number of nitrogens with one attached hydrogen (secondary N) is 2.